The molecule has 1 aromatic rings. The molecule has 0 aliphatic carbocycles. The Morgan fingerprint density at radius 3 is 2.73 bits per heavy atom. The summed E-state index contributed by atoms with van der Waals surface area (Å²) < 4.78 is 0. The summed E-state index contributed by atoms with van der Waals surface area (Å²) in [5.74, 6) is 0. The molecule has 4 nitrogen and oxygen atoms in total. The quantitative estimate of drug-likeness (QED) is 0.747. The number of aryl methyl sites for hydroxylation is 1. The second kappa shape index (κ2) is 3.55. The van der Waals surface area contributed by atoms with Crippen LogP contribution in [0, 0.1) is 6.92 Å². The van der Waals surface area contributed by atoms with Crippen LogP contribution >= 0.6 is 0 Å². The molecule has 1 aromatic carbocycles. The zero-order valence-electron chi connectivity index (χ0n) is 8.97. The van der Waals surface area contributed by atoms with Crippen LogP contribution in [-0.4, -0.2) is 30.7 Å². The van der Waals surface area contributed by atoms with Crippen LogP contribution in [0.25, 0.3) is 0 Å². The van der Waals surface area contributed by atoms with E-state index >= 15 is 0 Å². The van der Waals surface area contributed by atoms with Gasteiger partial charge in [0.2, 0.25) is 0 Å². The molecule has 15 heavy (non-hydrogen) atoms. The second-order valence-corrected chi connectivity index (χ2v) is 3.94. The Bertz CT molecular complexity index is 391. The number of urea groups is 1. The number of anilines is 1. The lowest BCUT2D eigenvalue weighted by molar-refractivity contribution is 0.229. The number of nitrogens with two attached hydrogens (primary N) is 1. The van der Waals surface area contributed by atoms with Gasteiger partial charge in [-0.2, -0.15) is 0 Å². The van der Waals surface area contributed by atoms with Gasteiger partial charge in [-0.25, -0.2) is 4.79 Å². The SMILES string of the molecule is Cc1cccc(N2C(=O)N(C)CC2N)c1. The molecular weight excluding hydrogens is 190 g/mol. The summed E-state index contributed by atoms with van der Waals surface area (Å²) in [6.07, 6.45) is -0.246. The molecule has 1 aliphatic rings. The predicted molar refractivity (Wildman–Crippen MR) is 59.7 cm³/mol. The number of hydrogen-bond acceptors (Lipinski definition) is 2. The molecule has 0 aromatic heterocycles. The predicted octanol–water partition coefficient (Wildman–Crippen LogP) is 1.15. The normalized spacial score (nSPS) is 21.3. The number of rotatable bonds is 1. The van der Waals surface area contributed by atoms with E-state index in [-0.39, 0.29) is 12.2 Å². The first-order valence-corrected chi connectivity index (χ1v) is 4.96. The Kier molecular flexibility index (Phi) is 2.36. The maximum absolute atomic E-state index is 11.8. The van der Waals surface area contributed by atoms with Crippen molar-refractivity contribution in [1.82, 2.24) is 4.90 Å². The third-order valence-corrected chi connectivity index (χ3v) is 2.61. The molecule has 1 fully saturated rings. The third kappa shape index (κ3) is 1.68. The minimum Gasteiger partial charge on any atom is -0.324 e. The summed E-state index contributed by atoms with van der Waals surface area (Å²) in [5, 5.41) is 0. The summed E-state index contributed by atoms with van der Waals surface area (Å²) in [6, 6.07) is 7.77. The van der Waals surface area contributed by atoms with E-state index in [1.807, 2.05) is 31.2 Å². The van der Waals surface area contributed by atoms with Crippen molar-refractivity contribution in [3.63, 3.8) is 0 Å². The molecule has 2 amide bonds. The van der Waals surface area contributed by atoms with Crippen LogP contribution < -0.4 is 10.6 Å². The van der Waals surface area contributed by atoms with Gasteiger partial charge in [0.15, 0.2) is 0 Å². The zero-order valence-corrected chi connectivity index (χ0v) is 8.97. The second-order valence-electron chi connectivity index (χ2n) is 3.94. The molecule has 0 spiro atoms. The van der Waals surface area contributed by atoms with Crippen LogP contribution in [0.3, 0.4) is 0 Å². The van der Waals surface area contributed by atoms with Gasteiger partial charge >= 0.3 is 6.03 Å². The average molecular weight is 205 g/mol. The first-order chi connectivity index (χ1) is 7.09. The maximum atomic E-state index is 11.8. The fourth-order valence-corrected chi connectivity index (χ4v) is 1.85. The van der Waals surface area contributed by atoms with Crippen LogP contribution in [0.1, 0.15) is 5.56 Å². The van der Waals surface area contributed by atoms with Crippen molar-refractivity contribution in [3.8, 4) is 0 Å². The number of carbonyl (C=O) groups is 1. The van der Waals surface area contributed by atoms with Crippen molar-refractivity contribution in [3.05, 3.63) is 29.8 Å². The number of carbonyl (C=O) groups excluding carboxylic acids is 1. The van der Waals surface area contributed by atoms with Crippen LogP contribution in [0.4, 0.5) is 10.5 Å². The van der Waals surface area contributed by atoms with Gasteiger partial charge in [0.25, 0.3) is 0 Å². The van der Waals surface area contributed by atoms with Gasteiger partial charge in [0.05, 0.1) is 6.54 Å². The lowest BCUT2D eigenvalue weighted by Gasteiger charge is -2.20. The van der Waals surface area contributed by atoms with Crippen molar-refractivity contribution >= 4 is 11.7 Å². The fraction of sp³-hybridized carbons (Fsp3) is 0.364. The number of amides is 2. The molecule has 80 valence electrons. The van der Waals surface area contributed by atoms with Crippen molar-refractivity contribution in [1.29, 1.82) is 0 Å². The van der Waals surface area contributed by atoms with E-state index in [1.165, 1.54) is 0 Å². The number of benzene rings is 1. The first-order valence-electron chi connectivity index (χ1n) is 4.96. The molecular formula is C11H15N3O. The average Bonchev–Trinajstić information content (AvgIpc) is 2.41. The van der Waals surface area contributed by atoms with E-state index < -0.39 is 0 Å². The van der Waals surface area contributed by atoms with Gasteiger partial charge in [-0.3, -0.25) is 4.90 Å². The van der Waals surface area contributed by atoms with Crippen molar-refractivity contribution in [2.75, 3.05) is 18.5 Å². The monoisotopic (exact) mass is 205 g/mol. The minimum atomic E-state index is -0.246. The summed E-state index contributed by atoms with van der Waals surface area (Å²) in [5.41, 5.74) is 7.90. The highest BCUT2D eigenvalue weighted by Gasteiger charge is 2.33. The maximum Gasteiger partial charge on any atom is 0.325 e. The third-order valence-electron chi connectivity index (χ3n) is 2.61. The standard InChI is InChI=1S/C11H15N3O/c1-8-4-3-5-9(6-8)14-10(12)7-13(2)11(14)15/h3-6,10H,7,12H2,1-2H3. The molecule has 1 atom stereocenters. The van der Waals surface area contributed by atoms with Crippen molar-refractivity contribution in [2.45, 2.75) is 13.1 Å². The van der Waals surface area contributed by atoms with Gasteiger partial charge in [0, 0.05) is 12.7 Å². The van der Waals surface area contributed by atoms with Gasteiger partial charge in [-0.1, -0.05) is 12.1 Å². The number of nitrogens with zero attached hydrogens (tertiary/aromatic N) is 2. The van der Waals surface area contributed by atoms with Crippen LogP contribution in [0.2, 0.25) is 0 Å². The molecule has 0 saturated carbocycles. The van der Waals surface area contributed by atoms with E-state index in [1.54, 1.807) is 16.8 Å². The molecule has 1 unspecified atom stereocenters. The lowest BCUT2D eigenvalue weighted by Crippen LogP contribution is -2.40. The largest absolute Gasteiger partial charge is 0.325 e. The molecule has 1 heterocycles. The minimum absolute atomic E-state index is 0.0342. The van der Waals surface area contributed by atoms with E-state index in [0.29, 0.717) is 6.54 Å². The summed E-state index contributed by atoms with van der Waals surface area (Å²) in [4.78, 5) is 15.1. The molecule has 4 heteroatoms. The molecule has 1 aliphatic heterocycles. The molecule has 0 bridgehead atoms. The molecule has 2 N–H and O–H groups in total. The van der Waals surface area contributed by atoms with Crippen LogP contribution in [-0.2, 0) is 0 Å². The molecule has 2 rings (SSSR count). The van der Waals surface area contributed by atoms with Crippen LogP contribution in [0.15, 0.2) is 24.3 Å². The van der Waals surface area contributed by atoms with Crippen molar-refractivity contribution < 1.29 is 4.79 Å². The van der Waals surface area contributed by atoms with E-state index in [4.69, 9.17) is 5.73 Å². The van der Waals surface area contributed by atoms with Gasteiger partial charge in [0.1, 0.15) is 6.17 Å². The Labute approximate surface area is 89.3 Å². The lowest BCUT2D eigenvalue weighted by atomic mass is 10.2. The van der Waals surface area contributed by atoms with Gasteiger partial charge in [-0.15, -0.1) is 0 Å². The fourth-order valence-electron chi connectivity index (χ4n) is 1.85. The van der Waals surface area contributed by atoms with Crippen LogP contribution in [0.5, 0.6) is 0 Å². The Morgan fingerprint density at radius 1 is 1.47 bits per heavy atom. The van der Waals surface area contributed by atoms with Gasteiger partial charge < -0.3 is 10.6 Å². The molecule has 0 radical (unpaired) electrons. The number of likely N-dealkylation sites (N-methyl/N-ethyl adjacent to an activating group) is 1. The first kappa shape index (κ1) is 9.98. The number of hydrogen-bond donors (Lipinski definition) is 1. The Balaban J connectivity index is 2.35. The zero-order chi connectivity index (χ0) is 11.0. The Hall–Kier alpha value is -1.55. The van der Waals surface area contributed by atoms with Crippen molar-refractivity contribution in [2.24, 2.45) is 5.73 Å². The smallest absolute Gasteiger partial charge is 0.324 e. The van der Waals surface area contributed by atoms with E-state index in [2.05, 4.69) is 0 Å². The Morgan fingerprint density at radius 2 is 2.20 bits per heavy atom. The molecule has 1 saturated heterocycles. The summed E-state index contributed by atoms with van der Waals surface area (Å²) in [7, 11) is 1.76. The highest BCUT2D eigenvalue weighted by atomic mass is 16.2. The van der Waals surface area contributed by atoms with Gasteiger partial charge in [-0.05, 0) is 24.6 Å². The highest BCUT2D eigenvalue weighted by molar-refractivity contribution is 5.94. The van der Waals surface area contributed by atoms with E-state index in [9.17, 15) is 4.79 Å². The topological polar surface area (TPSA) is 49.6 Å². The summed E-state index contributed by atoms with van der Waals surface area (Å²) >= 11 is 0. The summed E-state index contributed by atoms with van der Waals surface area (Å²) in [6.45, 7) is 2.58. The highest BCUT2D eigenvalue weighted by Crippen LogP contribution is 2.22. The van der Waals surface area contributed by atoms with E-state index in [0.717, 1.165) is 11.3 Å².